The van der Waals surface area contributed by atoms with Crippen molar-refractivity contribution >= 4 is 5.91 Å². The summed E-state index contributed by atoms with van der Waals surface area (Å²) < 4.78 is 38.2. The van der Waals surface area contributed by atoms with Gasteiger partial charge in [0.2, 0.25) is 0 Å². The van der Waals surface area contributed by atoms with Gasteiger partial charge in [-0.2, -0.15) is 18.3 Å². The fourth-order valence-electron chi connectivity index (χ4n) is 2.05. The minimum atomic E-state index is -4.38. The van der Waals surface area contributed by atoms with Crippen LogP contribution in [0.15, 0.2) is 30.6 Å². The predicted octanol–water partition coefficient (Wildman–Crippen LogP) is 2.33. The number of hydrogen-bond donors (Lipinski definition) is 1. The molecule has 2 heterocycles. The first-order valence-electron chi connectivity index (χ1n) is 6.70. The fraction of sp³-hybridized carbons (Fsp3) is 0.357. The molecule has 5 nitrogen and oxygen atoms in total. The van der Waals surface area contributed by atoms with E-state index in [0.29, 0.717) is 5.69 Å². The van der Waals surface area contributed by atoms with Crippen LogP contribution < -0.4 is 5.32 Å². The number of halogens is 3. The molecule has 0 atom stereocenters. The Balaban J connectivity index is 2.09. The Morgan fingerprint density at radius 1 is 1.36 bits per heavy atom. The number of aromatic nitrogens is 3. The third-order valence-corrected chi connectivity index (χ3v) is 3.01. The molecule has 118 valence electrons. The van der Waals surface area contributed by atoms with E-state index in [2.05, 4.69) is 15.4 Å². The van der Waals surface area contributed by atoms with Crippen molar-refractivity contribution in [2.75, 3.05) is 0 Å². The van der Waals surface area contributed by atoms with Crippen molar-refractivity contribution < 1.29 is 18.0 Å². The molecular formula is C14H15F3N4O. The van der Waals surface area contributed by atoms with Crippen LogP contribution in [-0.2, 0) is 19.5 Å². The molecule has 0 spiro atoms. The lowest BCUT2D eigenvalue weighted by Gasteiger charge is -2.10. The van der Waals surface area contributed by atoms with E-state index in [-0.39, 0.29) is 24.2 Å². The maximum absolute atomic E-state index is 12.5. The average Bonchev–Trinajstić information content (AvgIpc) is 2.86. The Hall–Kier alpha value is -2.38. The minimum absolute atomic E-state index is 0.155. The normalized spacial score (nSPS) is 11.5. The summed E-state index contributed by atoms with van der Waals surface area (Å²) in [7, 11) is 0. The van der Waals surface area contributed by atoms with E-state index in [4.69, 9.17) is 0 Å². The second-order valence-corrected chi connectivity index (χ2v) is 4.64. The molecule has 22 heavy (non-hydrogen) atoms. The molecule has 8 heteroatoms. The van der Waals surface area contributed by atoms with Crippen LogP contribution >= 0.6 is 0 Å². The summed E-state index contributed by atoms with van der Waals surface area (Å²) in [6.07, 6.45) is -1.33. The van der Waals surface area contributed by atoms with E-state index < -0.39 is 18.6 Å². The van der Waals surface area contributed by atoms with Gasteiger partial charge < -0.3 is 5.32 Å². The molecular weight excluding hydrogens is 297 g/mol. The summed E-state index contributed by atoms with van der Waals surface area (Å²) >= 11 is 0. The van der Waals surface area contributed by atoms with Gasteiger partial charge in [0.05, 0.1) is 29.7 Å². The van der Waals surface area contributed by atoms with Gasteiger partial charge >= 0.3 is 6.18 Å². The first-order chi connectivity index (χ1) is 10.4. The zero-order chi connectivity index (χ0) is 16.2. The molecule has 0 saturated heterocycles. The summed E-state index contributed by atoms with van der Waals surface area (Å²) in [5, 5.41) is 6.30. The van der Waals surface area contributed by atoms with E-state index in [1.807, 2.05) is 0 Å². The molecule has 2 rings (SSSR count). The number of carbonyl (C=O) groups is 1. The number of rotatable bonds is 5. The molecule has 1 N–H and O–H groups in total. The number of amides is 1. The van der Waals surface area contributed by atoms with E-state index in [0.717, 1.165) is 4.68 Å². The maximum atomic E-state index is 12.5. The van der Waals surface area contributed by atoms with Crippen LogP contribution in [0.5, 0.6) is 0 Å². The first-order valence-corrected chi connectivity index (χ1v) is 6.70. The third kappa shape index (κ3) is 4.06. The third-order valence-electron chi connectivity index (χ3n) is 3.01. The number of alkyl halides is 3. The predicted molar refractivity (Wildman–Crippen MR) is 73.1 cm³/mol. The molecule has 0 aliphatic heterocycles. The Morgan fingerprint density at radius 3 is 2.73 bits per heavy atom. The average molecular weight is 312 g/mol. The summed E-state index contributed by atoms with van der Waals surface area (Å²) in [4.78, 5) is 16.2. The van der Waals surface area contributed by atoms with Crippen molar-refractivity contribution in [2.45, 2.75) is 32.6 Å². The van der Waals surface area contributed by atoms with Crippen molar-refractivity contribution in [3.05, 3.63) is 47.5 Å². The Morgan fingerprint density at radius 2 is 2.14 bits per heavy atom. The quantitative estimate of drug-likeness (QED) is 0.922. The minimum Gasteiger partial charge on any atom is -0.346 e. The molecule has 0 saturated carbocycles. The highest BCUT2D eigenvalue weighted by Crippen LogP contribution is 2.20. The van der Waals surface area contributed by atoms with Gasteiger partial charge in [-0.1, -0.05) is 13.0 Å². The van der Waals surface area contributed by atoms with Crippen LogP contribution in [0, 0.1) is 0 Å². The van der Waals surface area contributed by atoms with Crippen LogP contribution in [-0.4, -0.2) is 26.8 Å². The van der Waals surface area contributed by atoms with Gasteiger partial charge in [0.1, 0.15) is 6.54 Å². The van der Waals surface area contributed by atoms with E-state index in [1.54, 1.807) is 31.3 Å². The second kappa shape index (κ2) is 6.59. The van der Waals surface area contributed by atoms with Gasteiger partial charge in [0, 0.05) is 6.20 Å². The van der Waals surface area contributed by atoms with Gasteiger partial charge in [0.15, 0.2) is 0 Å². The number of nitrogens with one attached hydrogen (secondary N) is 1. The molecule has 0 fully saturated rings. The molecule has 1 amide bonds. The number of hydrogen-bond acceptors (Lipinski definition) is 3. The van der Waals surface area contributed by atoms with E-state index in [9.17, 15) is 18.0 Å². The highest BCUT2D eigenvalue weighted by Gasteiger charge is 2.30. The van der Waals surface area contributed by atoms with Crippen LogP contribution in [0.25, 0.3) is 0 Å². The lowest BCUT2D eigenvalue weighted by molar-refractivity contribution is -0.143. The van der Waals surface area contributed by atoms with Gasteiger partial charge in [0.25, 0.3) is 5.91 Å². The van der Waals surface area contributed by atoms with E-state index in [1.165, 1.54) is 6.20 Å². The monoisotopic (exact) mass is 312 g/mol. The molecule has 0 aliphatic rings. The van der Waals surface area contributed by atoms with E-state index >= 15 is 0 Å². The summed E-state index contributed by atoms with van der Waals surface area (Å²) in [5.74, 6) is -0.462. The number of carbonyl (C=O) groups excluding carboxylic acids is 1. The zero-order valence-electron chi connectivity index (χ0n) is 11.9. The Bertz CT molecular complexity index is 637. The zero-order valence-corrected chi connectivity index (χ0v) is 11.9. The maximum Gasteiger partial charge on any atom is 0.408 e. The Kier molecular flexibility index (Phi) is 4.79. The van der Waals surface area contributed by atoms with Crippen molar-refractivity contribution in [1.82, 2.24) is 20.1 Å². The smallest absolute Gasteiger partial charge is 0.346 e. The topological polar surface area (TPSA) is 59.8 Å². The standard InChI is InChI=1S/C14H15F3N4O/c1-2-12-11(8-20-21(12)9-14(15,16)17)13(22)19-7-10-5-3-4-6-18-10/h3-6,8H,2,7,9H2,1H3,(H,19,22). The van der Waals surface area contributed by atoms with Gasteiger partial charge in [-0.3, -0.25) is 14.5 Å². The lowest BCUT2D eigenvalue weighted by atomic mass is 10.2. The van der Waals surface area contributed by atoms with Gasteiger partial charge in [-0.05, 0) is 18.6 Å². The molecule has 0 unspecified atom stereocenters. The molecule has 2 aromatic rings. The number of nitrogens with zero attached hydrogens (tertiary/aromatic N) is 3. The molecule has 0 aromatic carbocycles. The second-order valence-electron chi connectivity index (χ2n) is 4.64. The highest BCUT2D eigenvalue weighted by molar-refractivity contribution is 5.95. The number of pyridine rings is 1. The fourth-order valence-corrected chi connectivity index (χ4v) is 2.05. The summed E-state index contributed by atoms with van der Waals surface area (Å²) in [5.41, 5.74) is 1.08. The van der Waals surface area contributed by atoms with Crippen LogP contribution in [0.4, 0.5) is 13.2 Å². The lowest BCUT2D eigenvalue weighted by Crippen LogP contribution is -2.25. The van der Waals surface area contributed by atoms with Crippen LogP contribution in [0.3, 0.4) is 0 Å². The van der Waals surface area contributed by atoms with Crippen LogP contribution in [0.1, 0.15) is 28.7 Å². The summed E-state index contributed by atoms with van der Waals surface area (Å²) in [6.45, 7) is 0.677. The van der Waals surface area contributed by atoms with Crippen LogP contribution in [0.2, 0.25) is 0 Å². The highest BCUT2D eigenvalue weighted by atomic mass is 19.4. The molecule has 0 aliphatic carbocycles. The molecule has 0 bridgehead atoms. The van der Waals surface area contributed by atoms with Crippen molar-refractivity contribution in [1.29, 1.82) is 0 Å². The molecule has 0 radical (unpaired) electrons. The van der Waals surface area contributed by atoms with Gasteiger partial charge in [-0.15, -0.1) is 0 Å². The van der Waals surface area contributed by atoms with Crippen molar-refractivity contribution in [3.8, 4) is 0 Å². The van der Waals surface area contributed by atoms with Crippen molar-refractivity contribution in [3.63, 3.8) is 0 Å². The SMILES string of the molecule is CCc1c(C(=O)NCc2ccccn2)cnn1CC(F)(F)F. The largest absolute Gasteiger partial charge is 0.408 e. The van der Waals surface area contributed by atoms with Crippen molar-refractivity contribution in [2.24, 2.45) is 0 Å². The Labute approximate surface area is 125 Å². The van der Waals surface area contributed by atoms with Gasteiger partial charge in [-0.25, -0.2) is 0 Å². The first kappa shape index (κ1) is 16.0. The molecule has 2 aromatic heterocycles. The summed E-state index contributed by atoms with van der Waals surface area (Å²) in [6, 6.07) is 5.28.